The maximum atomic E-state index is 12.5. The van der Waals surface area contributed by atoms with Crippen molar-refractivity contribution in [1.29, 1.82) is 0 Å². The van der Waals surface area contributed by atoms with Gasteiger partial charge in [0.2, 0.25) is 5.91 Å². The average Bonchev–Trinajstić information content (AvgIpc) is 3.40. The molecule has 0 spiro atoms. The van der Waals surface area contributed by atoms with Crippen LogP contribution in [0.5, 0.6) is 0 Å². The quantitative estimate of drug-likeness (QED) is 0.832. The number of hydrogen-bond donors (Lipinski definition) is 2. The average molecular weight is 362 g/mol. The first-order valence-electron chi connectivity index (χ1n) is 9.68. The van der Waals surface area contributed by atoms with E-state index in [2.05, 4.69) is 11.4 Å². The van der Waals surface area contributed by atoms with Crippen molar-refractivity contribution >= 4 is 17.4 Å². The number of fused-ring (bicyclic) bond motifs is 1. The van der Waals surface area contributed by atoms with Gasteiger partial charge in [-0.15, -0.1) is 0 Å². The van der Waals surface area contributed by atoms with Crippen molar-refractivity contribution in [3.63, 3.8) is 0 Å². The van der Waals surface area contributed by atoms with Crippen LogP contribution in [0, 0.1) is 11.3 Å². The normalized spacial score (nSPS) is 17.7. The Morgan fingerprint density at radius 3 is 2.63 bits per heavy atom. The van der Waals surface area contributed by atoms with Crippen LogP contribution in [0.2, 0.25) is 0 Å². The minimum Gasteiger partial charge on any atom is -0.326 e. The summed E-state index contributed by atoms with van der Waals surface area (Å²) in [6.45, 7) is 4.42. The van der Waals surface area contributed by atoms with Crippen molar-refractivity contribution in [3.05, 3.63) is 53.1 Å². The summed E-state index contributed by atoms with van der Waals surface area (Å²) < 4.78 is 0. The molecule has 1 fully saturated rings. The van der Waals surface area contributed by atoms with Crippen LogP contribution in [0.3, 0.4) is 0 Å². The summed E-state index contributed by atoms with van der Waals surface area (Å²) in [5.74, 6) is 0.847. The zero-order valence-electron chi connectivity index (χ0n) is 16.0. The van der Waals surface area contributed by atoms with Crippen LogP contribution in [0.15, 0.2) is 36.4 Å². The second-order valence-corrected chi connectivity index (χ2v) is 8.53. The Morgan fingerprint density at radius 1 is 1.15 bits per heavy atom. The Labute approximate surface area is 160 Å². The van der Waals surface area contributed by atoms with Gasteiger partial charge in [0.25, 0.3) is 0 Å². The molecule has 2 aromatic rings. The molecule has 3 N–H and O–H groups in total. The van der Waals surface area contributed by atoms with Gasteiger partial charge in [-0.1, -0.05) is 38.1 Å². The van der Waals surface area contributed by atoms with E-state index in [1.54, 1.807) is 0 Å². The topological polar surface area (TPSA) is 72.2 Å². The summed E-state index contributed by atoms with van der Waals surface area (Å²) in [6, 6.07) is 11.9. The summed E-state index contributed by atoms with van der Waals surface area (Å²) in [6.07, 6.45) is 3.68. The zero-order valence-corrected chi connectivity index (χ0v) is 16.0. The summed E-state index contributed by atoms with van der Waals surface area (Å²) in [5, 5.41) is 3.01. The van der Waals surface area contributed by atoms with Crippen molar-refractivity contribution in [1.82, 2.24) is 0 Å². The van der Waals surface area contributed by atoms with Crippen LogP contribution in [0.1, 0.15) is 54.6 Å². The number of nitrogens with one attached hydrogen (secondary N) is 1. The molecule has 2 aliphatic rings. The second kappa shape index (κ2) is 6.61. The summed E-state index contributed by atoms with van der Waals surface area (Å²) >= 11 is 0. The molecule has 0 saturated heterocycles. The first kappa shape index (κ1) is 17.9. The van der Waals surface area contributed by atoms with Gasteiger partial charge in [-0.2, -0.15) is 0 Å². The molecule has 0 radical (unpaired) electrons. The molecule has 4 rings (SSSR count). The van der Waals surface area contributed by atoms with Gasteiger partial charge >= 0.3 is 0 Å². The Kier molecular flexibility index (Phi) is 4.39. The molecular formula is C23H26N2O2. The smallest absolute Gasteiger partial charge is 0.224 e. The monoisotopic (exact) mass is 362 g/mol. The van der Waals surface area contributed by atoms with E-state index < -0.39 is 0 Å². The Hall–Kier alpha value is -2.46. The lowest BCUT2D eigenvalue weighted by Gasteiger charge is -2.13. The van der Waals surface area contributed by atoms with E-state index in [0.717, 1.165) is 52.8 Å². The first-order chi connectivity index (χ1) is 12.9. The Bertz CT molecular complexity index is 926. The number of amides is 1. The molecule has 140 valence electrons. The minimum absolute atomic E-state index is 0.0743. The van der Waals surface area contributed by atoms with Crippen molar-refractivity contribution in [2.45, 2.75) is 46.1 Å². The third-order valence-electron chi connectivity index (χ3n) is 5.69. The molecule has 0 atom stereocenters. The lowest BCUT2D eigenvalue weighted by atomic mass is 9.89. The number of nitrogens with two attached hydrogens (primary N) is 1. The molecule has 2 aromatic carbocycles. The highest BCUT2D eigenvalue weighted by Gasteiger charge is 2.37. The maximum absolute atomic E-state index is 12.5. The predicted octanol–water partition coefficient (Wildman–Crippen LogP) is 4.32. The van der Waals surface area contributed by atoms with Crippen LogP contribution in [0.4, 0.5) is 5.69 Å². The number of carbonyl (C=O) groups excluding carboxylic acids is 2. The maximum Gasteiger partial charge on any atom is 0.224 e. The lowest BCUT2D eigenvalue weighted by molar-refractivity contribution is -0.116. The largest absolute Gasteiger partial charge is 0.326 e. The van der Waals surface area contributed by atoms with E-state index >= 15 is 0 Å². The van der Waals surface area contributed by atoms with Crippen LogP contribution in [-0.4, -0.2) is 11.7 Å². The molecule has 0 aromatic heterocycles. The van der Waals surface area contributed by atoms with E-state index in [1.165, 1.54) is 0 Å². The number of anilines is 1. The number of hydrogen-bond acceptors (Lipinski definition) is 3. The third-order valence-corrected chi connectivity index (χ3v) is 5.69. The van der Waals surface area contributed by atoms with Gasteiger partial charge in [0.15, 0.2) is 5.78 Å². The number of ketones is 1. The van der Waals surface area contributed by atoms with E-state index in [-0.39, 0.29) is 17.1 Å². The summed E-state index contributed by atoms with van der Waals surface area (Å²) in [7, 11) is 0. The number of carbonyl (C=O) groups is 2. The highest BCUT2D eigenvalue weighted by Crippen LogP contribution is 2.39. The van der Waals surface area contributed by atoms with Crippen molar-refractivity contribution in [2.24, 2.45) is 17.1 Å². The molecule has 4 nitrogen and oxygen atoms in total. The number of Topliss-reactive ketones (excluding diaryl/α,β-unsaturated/α-hetero) is 1. The van der Waals surface area contributed by atoms with Gasteiger partial charge in [-0.3, -0.25) is 9.59 Å². The SMILES string of the molecule is CC1(C)Cc2cc(-c3cc(NC(=O)CC4CC4)ccc3CN)ccc2C1=O. The Balaban J connectivity index is 1.65. The molecule has 0 bridgehead atoms. The second-order valence-electron chi connectivity index (χ2n) is 8.53. The molecule has 1 amide bonds. The molecule has 2 aliphatic carbocycles. The molecular weight excluding hydrogens is 336 g/mol. The van der Waals surface area contributed by atoms with Crippen LogP contribution >= 0.6 is 0 Å². The van der Waals surface area contributed by atoms with Gasteiger partial charge in [0, 0.05) is 29.6 Å². The van der Waals surface area contributed by atoms with Crippen LogP contribution in [-0.2, 0) is 17.8 Å². The van der Waals surface area contributed by atoms with E-state index in [0.29, 0.717) is 18.9 Å². The first-order valence-corrected chi connectivity index (χ1v) is 9.68. The molecule has 27 heavy (non-hydrogen) atoms. The molecule has 1 saturated carbocycles. The molecule has 0 aliphatic heterocycles. The predicted molar refractivity (Wildman–Crippen MR) is 108 cm³/mol. The van der Waals surface area contributed by atoms with Crippen LogP contribution in [0.25, 0.3) is 11.1 Å². The van der Waals surface area contributed by atoms with Gasteiger partial charge in [0.05, 0.1) is 0 Å². The fraction of sp³-hybridized carbons (Fsp3) is 0.391. The van der Waals surface area contributed by atoms with Gasteiger partial charge in [0.1, 0.15) is 0 Å². The van der Waals surface area contributed by atoms with Crippen LogP contribution < -0.4 is 11.1 Å². The van der Waals surface area contributed by atoms with Crippen molar-refractivity contribution in [2.75, 3.05) is 5.32 Å². The van der Waals surface area contributed by atoms with Gasteiger partial charge in [-0.25, -0.2) is 0 Å². The third kappa shape index (κ3) is 3.54. The van der Waals surface area contributed by atoms with Gasteiger partial charge < -0.3 is 11.1 Å². The minimum atomic E-state index is -0.337. The molecule has 0 unspecified atom stereocenters. The molecule has 4 heteroatoms. The fourth-order valence-electron chi connectivity index (χ4n) is 3.95. The number of benzene rings is 2. The molecule has 0 heterocycles. The highest BCUT2D eigenvalue weighted by atomic mass is 16.1. The highest BCUT2D eigenvalue weighted by molar-refractivity contribution is 6.05. The van der Waals surface area contributed by atoms with Gasteiger partial charge in [-0.05, 0) is 59.6 Å². The zero-order chi connectivity index (χ0) is 19.2. The van der Waals surface area contributed by atoms with E-state index in [1.807, 2.05) is 44.2 Å². The van der Waals surface area contributed by atoms with E-state index in [4.69, 9.17) is 5.73 Å². The van der Waals surface area contributed by atoms with Crippen molar-refractivity contribution < 1.29 is 9.59 Å². The lowest BCUT2D eigenvalue weighted by Crippen LogP contribution is -2.18. The standard InChI is InChI=1S/C23H26N2O2/c1-23(2)12-17-10-15(6-8-19(17)22(23)27)20-11-18(7-5-16(20)13-24)25-21(26)9-14-3-4-14/h5-8,10-11,14H,3-4,9,12-13,24H2,1-2H3,(H,25,26). The number of rotatable bonds is 5. The summed E-state index contributed by atoms with van der Waals surface area (Å²) in [4.78, 5) is 24.6. The fourth-order valence-corrected chi connectivity index (χ4v) is 3.95. The summed E-state index contributed by atoms with van der Waals surface area (Å²) in [5.41, 5.74) is 11.4. The Morgan fingerprint density at radius 2 is 1.93 bits per heavy atom. The van der Waals surface area contributed by atoms with Crippen molar-refractivity contribution in [3.8, 4) is 11.1 Å². The van der Waals surface area contributed by atoms with E-state index in [9.17, 15) is 9.59 Å².